The number of sulfonamides is 1. The summed E-state index contributed by atoms with van der Waals surface area (Å²) in [6, 6.07) is 4.99. The number of carbonyl (C=O) groups is 2. The molecule has 1 aliphatic rings. The van der Waals surface area contributed by atoms with E-state index in [4.69, 9.17) is 9.47 Å². The fraction of sp³-hybridized carbons (Fsp3) is 0.556. The molecule has 8 nitrogen and oxygen atoms in total. The average Bonchev–Trinajstić information content (AvgIpc) is 2.61. The Hall–Kier alpha value is -2.29. The number of piperidine rings is 1. The molecule has 9 heteroatoms. The standard InChI is InChI=1S/C18H26N2O6S/c1-4-25-15-9-8-13(11-16(15)26-5-2)18(22)20-10-6-7-14(12-20)17(21)19-27(3,23)24/h8-9,11,14H,4-7,10,12H2,1-3H3,(H,19,21). The number of amides is 2. The number of likely N-dealkylation sites (tertiary alicyclic amines) is 1. The van der Waals surface area contributed by atoms with Crippen molar-refractivity contribution in [2.45, 2.75) is 26.7 Å². The van der Waals surface area contributed by atoms with E-state index < -0.39 is 21.8 Å². The zero-order valence-corrected chi connectivity index (χ0v) is 16.7. The van der Waals surface area contributed by atoms with Gasteiger partial charge in [-0.2, -0.15) is 0 Å². The third kappa shape index (κ3) is 5.85. The van der Waals surface area contributed by atoms with Gasteiger partial charge in [-0.1, -0.05) is 0 Å². The van der Waals surface area contributed by atoms with Gasteiger partial charge in [0, 0.05) is 18.7 Å². The van der Waals surface area contributed by atoms with Crippen LogP contribution in [0.2, 0.25) is 0 Å². The fourth-order valence-corrected chi connectivity index (χ4v) is 3.54. The van der Waals surface area contributed by atoms with Gasteiger partial charge in [-0.15, -0.1) is 0 Å². The molecule has 150 valence electrons. The zero-order chi connectivity index (χ0) is 20.0. The first-order chi connectivity index (χ1) is 12.7. The molecule has 1 unspecified atom stereocenters. The fourth-order valence-electron chi connectivity index (χ4n) is 3.01. The van der Waals surface area contributed by atoms with Crippen LogP contribution in [0.15, 0.2) is 18.2 Å². The molecule has 27 heavy (non-hydrogen) atoms. The third-order valence-corrected chi connectivity index (χ3v) is 4.73. The highest BCUT2D eigenvalue weighted by molar-refractivity contribution is 7.89. The highest BCUT2D eigenvalue weighted by Crippen LogP contribution is 2.29. The Kier molecular flexibility index (Phi) is 7.06. The van der Waals surface area contributed by atoms with E-state index in [0.717, 1.165) is 6.26 Å². The predicted molar refractivity (Wildman–Crippen MR) is 100 cm³/mol. The maximum absolute atomic E-state index is 12.9. The number of ether oxygens (including phenoxy) is 2. The third-order valence-electron chi connectivity index (χ3n) is 4.16. The van der Waals surface area contributed by atoms with Crippen LogP contribution >= 0.6 is 0 Å². The van der Waals surface area contributed by atoms with Crippen LogP contribution in [-0.4, -0.2) is 57.7 Å². The lowest BCUT2D eigenvalue weighted by atomic mass is 9.97. The van der Waals surface area contributed by atoms with E-state index in [9.17, 15) is 18.0 Å². The van der Waals surface area contributed by atoms with Crippen LogP contribution in [0.5, 0.6) is 11.5 Å². The van der Waals surface area contributed by atoms with Gasteiger partial charge in [-0.3, -0.25) is 14.3 Å². The van der Waals surface area contributed by atoms with Crippen molar-refractivity contribution in [3.05, 3.63) is 23.8 Å². The molecular formula is C18H26N2O6S. The number of hydrogen-bond donors (Lipinski definition) is 1. The molecule has 0 aromatic heterocycles. The molecule has 2 amide bonds. The maximum Gasteiger partial charge on any atom is 0.254 e. The number of hydrogen-bond acceptors (Lipinski definition) is 6. The predicted octanol–water partition coefficient (Wildman–Crippen LogP) is 1.41. The second-order valence-corrected chi connectivity index (χ2v) is 8.10. The number of nitrogens with zero attached hydrogens (tertiary/aromatic N) is 1. The SMILES string of the molecule is CCOc1ccc(C(=O)N2CCCC(C(=O)NS(C)(=O)=O)C2)cc1OCC. The molecule has 1 N–H and O–H groups in total. The molecule has 0 aliphatic carbocycles. The Morgan fingerprint density at radius 3 is 2.48 bits per heavy atom. The monoisotopic (exact) mass is 398 g/mol. The molecule has 0 bridgehead atoms. The first kappa shape index (κ1) is 21.0. The number of rotatable bonds is 7. The van der Waals surface area contributed by atoms with Gasteiger partial charge in [0.25, 0.3) is 5.91 Å². The van der Waals surface area contributed by atoms with E-state index in [0.29, 0.717) is 49.7 Å². The van der Waals surface area contributed by atoms with Gasteiger partial charge in [-0.05, 0) is 44.9 Å². The Bertz CT molecular complexity index is 793. The quantitative estimate of drug-likeness (QED) is 0.745. The number of carbonyl (C=O) groups excluding carboxylic acids is 2. The molecular weight excluding hydrogens is 372 g/mol. The summed E-state index contributed by atoms with van der Waals surface area (Å²) in [7, 11) is -3.62. The Balaban J connectivity index is 2.14. The minimum absolute atomic E-state index is 0.178. The topological polar surface area (TPSA) is 102 Å². The Labute approximate surface area is 159 Å². The molecule has 1 aromatic carbocycles. The van der Waals surface area contributed by atoms with Crippen molar-refractivity contribution in [2.75, 3.05) is 32.6 Å². The molecule has 1 atom stereocenters. The first-order valence-electron chi connectivity index (χ1n) is 8.95. The van der Waals surface area contributed by atoms with Crippen LogP contribution in [0.3, 0.4) is 0 Å². The van der Waals surface area contributed by atoms with Crippen molar-refractivity contribution < 1.29 is 27.5 Å². The van der Waals surface area contributed by atoms with Crippen LogP contribution < -0.4 is 14.2 Å². The lowest BCUT2D eigenvalue weighted by Crippen LogP contribution is -2.46. The van der Waals surface area contributed by atoms with E-state index in [2.05, 4.69) is 0 Å². The van der Waals surface area contributed by atoms with Crippen molar-refractivity contribution in [2.24, 2.45) is 5.92 Å². The van der Waals surface area contributed by atoms with Crippen LogP contribution in [0.4, 0.5) is 0 Å². The van der Waals surface area contributed by atoms with Gasteiger partial charge >= 0.3 is 0 Å². The van der Waals surface area contributed by atoms with Crippen molar-refractivity contribution in [3.8, 4) is 11.5 Å². The molecule has 1 heterocycles. The summed E-state index contributed by atoms with van der Waals surface area (Å²) in [6.45, 7) is 5.33. The van der Waals surface area contributed by atoms with Crippen molar-refractivity contribution in [1.29, 1.82) is 0 Å². The molecule has 0 saturated carbocycles. The van der Waals surface area contributed by atoms with E-state index >= 15 is 0 Å². The lowest BCUT2D eigenvalue weighted by molar-refractivity contribution is -0.124. The second-order valence-electron chi connectivity index (χ2n) is 6.36. The van der Waals surface area contributed by atoms with Gasteiger partial charge in [-0.25, -0.2) is 8.42 Å². The smallest absolute Gasteiger partial charge is 0.254 e. The van der Waals surface area contributed by atoms with E-state index in [-0.39, 0.29) is 12.5 Å². The zero-order valence-electron chi connectivity index (χ0n) is 15.9. The minimum Gasteiger partial charge on any atom is -0.490 e. The number of benzene rings is 1. The second kappa shape index (κ2) is 9.07. The van der Waals surface area contributed by atoms with Gasteiger partial charge in [0.05, 0.1) is 25.4 Å². The summed E-state index contributed by atoms with van der Waals surface area (Å²) in [5.41, 5.74) is 0.436. The molecule has 1 saturated heterocycles. The summed E-state index contributed by atoms with van der Waals surface area (Å²) < 4.78 is 35.6. The Morgan fingerprint density at radius 1 is 1.19 bits per heavy atom. The molecule has 1 aliphatic heterocycles. The average molecular weight is 398 g/mol. The van der Waals surface area contributed by atoms with Crippen LogP contribution in [-0.2, 0) is 14.8 Å². The van der Waals surface area contributed by atoms with E-state index in [1.807, 2.05) is 18.6 Å². The van der Waals surface area contributed by atoms with E-state index in [1.165, 1.54) is 0 Å². The molecule has 2 rings (SSSR count). The van der Waals surface area contributed by atoms with Gasteiger partial charge in [0.1, 0.15) is 0 Å². The van der Waals surface area contributed by atoms with Gasteiger partial charge < -0.3 is 14.4 Å². The minimum atomic E-state index is -3.62. The molecule has 1 fully saturated rings. The molecule has 0 radical (unpaired) electrons. The lowest BCUT2D eigenvalue weighted by Gasteiger charge is -2.32. The summed E-state index contributed by atoms with van der Waals surface area (Å²) in [5, 5.41) is 0. The highest BCUT2D eigenvalue weighted by atomic mass is 32.2. The van der Waals surface area contributed by atoms with Crippen molar-refractivity contribution >= 4 is 21.8 Å². The van der Waals surface area contributed by atoms with Crippen LogP contribution in [0.25, 0.3) is 0 Å². The summed E-state index contributed by atoms with van der Waals surface area (Å²) >= 11 is 0. The van der Waals surface area contributed by atoms with Gasteiger partial charge in [0.2, 0.25) is 15.9 Å². The highest BCUT2D eigenvalue weighted by Gasteiger charge is 2.30. The van der Waals surface area contributed by atoms with Crippen LogP contribution in [0.1, 0.15) is 37.0 Å². The van der Waals surface area contributed by atoms with E-state index in [1.54, 1.807) is 23.1 Å². The normalized spacial score (nSPS) is 17.3. The van der Waals surface area contributed by atoms with Crippen LogP contribution in [0, 0.1) is 5.92 Å². The molecule has 1 aromatic rings. The Morgan fingerprint density at radius 2 is 1.85 bits per heavy atom. The number of nitrogens with one attached hydrogen (secondary N) is 1. The maximum atomic E-state index is 12.9. The first-order valence-corrected chi connectivity index (χ1v) is 10.8. The summed E-state index contributed by atoms with van der Waals surface area (Å²) in [4.78, 5) is 26.5. The largest absolute Gasteiger partial charge is 0.490 e. The molecule has 0 spiro atoms. The summed E-state index contributed by atoms with van der Waals surface area (Å²) in [6.07, 6.45) is 2.10. The summed E-state index contributed by atoms with van der Waals surface area (Å²) in [5.74, 6) is -0.285. The van der Waals surface area contributed by atoms with Crippen molar-refractivity contribution in [3.63, 3.8) is 0 Å². The van der Waals surface area contributed by atoms with Gasteiger partial charge in [0.15, 0.2) is 11.5 Å². The van der Waals surface area contributed by atoms with Crippen molar-refractivity contribution in [1.82, 2.24) is 9.62 Å².